The molecule has 1 unspecified atom stereocenters. The highest BCUT2D eigenvalue weighted by Gasteiger charge is 2.60. The van der Waals surface area contributed by atoms with Crippen molar-refractivity contribution in [2.45, 2.75) is 105 Å². The maximum Gasteiger partial charge on any atom is 0.176 e. The van der Waals surface area contributed by atoms with Crippen LogP contribution in [0, 0.1) is 51.7 Å². The Hall–Kier alpha value is -0.660. The van der Waals surface area contributed by atoms with Crippen LogP contribution in [0.3, 0.4) is 0 Å². The van der Waals surface area contributed by atoms with Gasteiger partial charge in [-0.05, 0) is 111 Å². The first-order chi connectivity index (χ1) is 13.3. The molecule has 0 aromatic rings. The Morgan fingerprint density at radius 1 is 0.964 bits per heavy atom. The molecule has 0 aliphatic heterocycles. The first-order valence-electron chi connectivity index (χ1n) is 12.4. The molecule has 0 spiro atoms. The van der Waals surface area contributed by atoms with Gasteiger partial charge in [-0.25, -0.2) is 0 Å². The average molecular weight is 386 g/mol. The monoisotopic (exact) mass is 385 g/mol. The van der Waals surface area contributed by atoms with E-state index in [1.807, 2.05) is 0 Å². The van der Waals surface area contributed by atoms with Crippen molar-refractivity contribution in [3.05, 3.63) is 0 Å². The third-order valence-corrected chi connectivity index (χ3v) is 10.6. The fourth-order valence-corrected chi connectivity index (χ4v) is 9.02. The summed E-state index contributed by atoms with van der Waals surface area (Å²) < 4.78 is 0. The van der Waals surface area contributed by atoms with Gasteiger partial charge in [0.15, 0.2) is 5.78 Å². The quantitative estimate of drug-likeness (QED) is 0.506. The van der Waals surface area contributed by atoms with E-state index in [9.17, 15) is 4.79 Å². The van der Waals surface area contributed by atoms with Crippen molar-refractivity contribution in [1.82, 2.24) is 0 Å². The van der Waals surface area contributed by atoms with E-state index in [2.05, 4.69) is 20.8 Å². The molecule has 0 bridgehead atoms. The molecular formula is C26H43NO. The normalized spacial score (nSPS) is 46.2. The molecule has 2 nitrogen and oxygen atoms in total. The second kappa shape index (κ2) is 7.55. The molecule has 8 atom stereocenters. The standard InChI is InChI=1S/C26H43NO/c1-17(8-13-24(28)18(2)27)21-11-12-22-20-10-9-19-7-5-6-15-25(19,3)23(20)14-16-26(21,22)4/h17,19-23,27H,5-16H2,1-4H3/t17-,19?,20+,21-,22+,23+,25+,26-/m1/s1. The maximum atomic E-state index is 12.0. The number of ketones is 1. The summed E-state index contributed by atoms with van der Waals surface area (Å²) >= 11 is 0. The molecular weight excluding hydrogens is 342 g/mol. The zero-order valence-electron chi connectivity index (χ0n) is 18.9. The summed E-state index contributed by atoms with van der Waals surface area (Å²) in [4.78, 5) is 12.0. The van der Waals surface area contributed by atoms with Crippen LogP contribution in [0.5, 0.6) is 0 Å². The van der Waals surface area contributed by atoms with Gasteiger partial charge in [0.25, 0.3) is 0 Å². The molecule has 0 aromatic heterocycles. The molecule has 0 saturated heterocycles. The van der Waals surface area contributed by atoms with E-state index >= 15 is 0 Å². The lowest BCUT2D eigenvalue weighted by molar-refractivity contribution is -0.116. The summed E-state index contributed by atoms with van der Waals surface area (Å²) in [5, 5.41) is 7.58. The molecule has 4 saturated carbocycles. The number of Topliss-reactive ketones (excluding diaryl/α,β-unsaturated/α-hetero) is 1. The van der Waals surface area contributed by atoms with Gasteiger partial charge >= 0.3 is 0 Å². The minimum absolute atomic E-state index is 0.0544. The minimum atomic E-state index is 0.0544. The Bertz CT molecular complexity index is 626. The highest BCUT2D eigenvalue weighted by Crippen LogP contribution is 2.68. The lowest BCUT2D eigenvalue weighted by Gasteiger charge is -2.61. The SMILES string of the molecule is CC(=N)C(=O)CC[C@@H](C)[C@H]1CC[C@H]2[C@@H]3CCC4CCCC[C@]4(C)[C@H]3CC[C@]12C. The van der Waals surface area contributed by atoms with Crippen LogP contribution in [0.15, 0.2) is 0 Å². The number of carbonyl (C=O) groups excluding carboxylic acids is 1. The van der Waals surface area contributed by atoms with E-state index in [0.717, 1.165) is 36.0 Å². The molecule has 4 aliphatic rings. The first-order valence-corrected chi connectivity index (χ1v) is 12.4. The van der Waals surface area contributed by atoms with Crippen LogP contribution in [0.4, 0.5) is 0 Å². The van der Waals surface area contributed by atoms with E-state index in [4.69, 9.17) is 5.41 Å². The van der Waals surface area contributed by atoms with Gasteiger partial charge in [-0.15, -0.1) is 0 Å². The van der Waals surface area contributed by atoms with Gasteiger partial charge in [0.2, 0.25) is 0 Å². The number of hydrogen-bond donors (Lipinski definition) is 1. The van der Waals surface area contributed by atoms with Gasteiger partial charge in [0.1, 0.15) is 0 Å². The van der Waals surface area contributed by atoms with Crippen molar-refractivity contribution >= 4 is 11.5 Å². The van der Waals surface area contributed by atoms with Crippen molar-refractivity contribution in [1.29, 1.82) is 5.41 Å². The van der Waals surface area contributed by atoms with Crippen LogP contribution in [-0.2, 0) is 4.79 Å². The summed E-state index contributed by atoms with van der Waals surface area (Å²) in [6.07, 6.45) is 16.2. The fraction of sp³-hybridized carbons (Fsp3) is 0.923. The molecule has 4 aliphatic carbocycles. The Kier molecular flexibility index (Phi) is 5.55. The van der Waals surface area contributed by atoms with Gasteiger partial charge in [0.05, 0.1) is 5.71 Å². The van der Waals surface area contributed by atoms with Crippen molar-refractivity contribution < 1.29 is 4.79 Å². The summed E-state index contributed by atoms with van der Waals surface area (Å²) in [7, 11) is 0. The highest BCUT2D eigenvalue weighted by atomic mass is 16.1. The Morgan fingerprint density at radius 3 is 2.46 bits per heavy atom. The number of carbonyl (C=O) groups is 1. The Balaban J connectivity index is 1.47. The number of fused-ring (bicyclic) bond motifs is 5. The molecule has 4 rings (SSSR count). The lowest BCUT2D eigenvalue weighted by atomic mass is 9.44. The third-order valence-electron chi connectivity index (χ3n) is 10.6. The van der Waals surface area contributed by atoms with Gasteiger partial charge in [-0.1, -0.05) is 33.6 Å². The number of nitrogens with one attached hydrogen (secondary N) is 1. The summed E-state index contributed by atoms with van der Waals surface area (Å²) in [6.45, 7) is 9.34. The van der Waals surface area contributed by atoms with Gasteiger partial charge in [-0.3, -0.25) is 4.79 Å². The predicted octanol–water partition coefficient (Wildman–Crippen LogP) is 7.06. The fourth-order valence-electron chi connectivity index (χ4n) is 9.02. The van der Waals surface area contributed by atoms with Crippen molar-refractivity contribution in [2.24, 2.45) is 46.3 Å². The Morgan fingerprint density at radius 2 is 1.71 bits per heavy atom. The van der Waals surface area contributed by atoms with E-state index in [1.165, 1.54) is 64.2 Å². The van der Waals surface area contributed by atoms with Crippen LogP contribution < -0.4 is 0 Å². The second-order valence-corrected chi connectivity index (χ2v) is 11.7. The zero-order valence-corrected chi connectivity index (χ0v) is 18.9. The molecule has 2 heteroatoms. The van der Waals surface area contributed by atoms with E-state index < -0.39 is 0 Å². The second-order valence-electron chi connectivity index (χ2n) is 11.7. The van der Waals surface area contributed by atoms with Crippen molar-refractivity contribution in [3.63, 3.8) is 0 Å². The predicted molar refractivity (Wildman–Crippen MR) is 117 cm³/mol. The van der Waals surface area contributed by atoms with Gasteiger partial charge < -0.3 is 5.41 Å². The van der Waals surface area contributed by atoms with Crippen LogP contribution in [0.1, 0.15) is 105 Å². The Labute approximate surface area is 173 Å². The molecule has 0 radical (unpaired) electrons. The highest BCUT2D eigenvalue weighted by molar-refractivity contribution is 6.37. The molecule has 4 fully saturated rings. The van der Waals surface area contributed by atoms with Crippen LogP contribution in [0.2, 0.25) is 0 Å². The smallest absolute Gasteiger partial charge is 0.176 e. The molecule has 28 heavy (non-hydrogen) atoms. The van der Waals surface area contributed by atoms with Crippen molar-refractivity contribution in [2.75, 3.05) is 0 Å². The summed E-state index contributed by atoms with van der Waals surface area (Å²) in [6, 6.07) is 0. The van der Waals surface area contributed by atoms with E-state index in [1.54, 1.807) is 6.92 Å². The molecule has 0 amide bonds. The zero-order chi connectivity index (χ0) is 20.1. The van der Waals surface area contributed by atoms with E-state index in [-0.39, 0.29) is 11.5 Å². The van der Waals surface area contributed by atoms with Crippen LogP contribution in [0.25, 0.3) is 0 Å². The molecule has 0 aromatic carbocycles. The van der Waals surface area contributed by atoms with Crippen LogP contribution in [-0.4, -0.2) is 11.5 Å². The minimum Gasteiger partial charge on any atom is -0.302 e. The largest absolute Gasteiger partial charge is 0.302 e. The molecule has 1 N–H and O–H groups in total. The van der Waals surface area contributed by atoms with E-state index in [0.29, 0.717) is 23.2 Å². The topological polar surface area (TPSA) is 40.9 Å². The first kappa shape index (κ1) is 20.6. The molecule has 0 heterocycles. The molecule has 158 valence electrons. The summed E-state index contributed by atoms with van der Waals surface area (Å²) in [5.74, 6) is 5.36. The van der Waals surface area contributed by atoms with Gasteiger partial charge in [0, 0.05) is 6.42 Å². The maximum absolute atomic E-state index is 12.0. The summed E-state index contributed by atoms with van der Waals surface area (Å²) in [5.41, 5.74) is 1.38. The van der Waals surface area contributed by atoms with Gasteiger partial charge in [-0.2, -0.15) is 0 Å². The third kappa shape index (κ3) is 3.21. The lowest BCUT2D eigenvalue weighted by Crippen LogP contribution is -2.53. The number of hydrogen-bond acceptors (Lipinski definition) is 2. The average Bonchev–Trinajstić information content (AvgIpc) is 3.02. The van der Waals surface area contributed by atoms with Crippen LogP contribution >= 0.6 is 0 Å². The number of rotatable bonds is 5. The van der Waals surface area contributed by atoms with Crippen molar-refractivity contribution in [3.8, 4) is 0 Å².